The van der Waals surface area contributed by atoms with Crippen LogP contribution in [-0.2, 0) is 22.4 Å². The normalized spacial score (nSPS) is 14.9. The van der Waals surface area contributed by atoms with Crippen LogP contribution in [0.15, 0.2) is 64.6 Å². The summed E-state index contributed by atoms with van der Waals surface area (Å²) in [5.74, 6) is -0.771. The van der Waals surface area contributed by atoms with Gasteiger partial charge in [-0.3, -0.25) is 14.9 Å². The molecule has 0 aromatic heterocycles. The van der Waals surface area contributed by atoms with Crippen molar-refractivity contribution in [1.29, 1.82) is 0 Å². The van der Waals surface area contributed by atoms with Crippen LogP contribution in [0.1, 0.15) is 40.3 Å². The summed E-state index contributed by atoms with van der Waals surface area (Å²) in [5.41, 5.74) is 6.24. The number of nitrogens with zero attached hydrogens (tertiary/aromatic N) is 1. The number of nitrogens with one attached hydrogen (secondary N) is 1. The van der Waals surface area contributed by atoms with Crippen molar-refractivity contribution < 1.29 is 19.1 Å². The van der Waals surface area contributed by atoms with Crippen molar-refractivity contribution in [3.63, 3.8) is 0 Å². The number of imide groups is 2. The van der Waals surface area contributed by atoms with E-state index in [4.69, 9.17) is 4.74 Å². The highest BCUT2D eigenvalue weighted by molar-refractivity contribution is 9.10. The molecule has 1 aliphatic rings. The van der Waals surface area contributed by atoms with E-state index in [9.17, 15) is 14.4 Å². The molecule has 0 radical (unpaired) electrons. The summed E-state index contributed by atoms with van der Waals surface area (Å²) in [5, 5.41) is 2.29. The van der Waals surface area contributed by atoms with Crippen LogP contribution >= 0.6 is 15.9 Å². The highest BCUT2D eigenvalue weighted by Crippen LogP contribution is 2.33. The van der Waals surface area contributed by atoms with Crippen molar-refractivity contribution >= 4 is 45.5 Å². The van der Waals surface area contributed by atoms with E-state index < -0.39 is 17.8 Å². The molecule has 4 rings (SSSR count). The van der Waals surface area contributed by atoms with Crippen LogP contribution in [0.2, 0.25) is 0 Å². The molecule has 0 atom stereocenters. The second kappa shape index (κ2) is 10.5. The lowest BCUT2D eigenvalue weighted by Crippen LogP contribution is -2.54. The Bertz CT molecular complexity index is 1390. The topological polar surface area (TPSA) is 75.7 Å². The smallest absolute Gasteiger partial charge is 0.335 e. The second-order valence-electron chi connectivity index (χ2n) is 8.80. The minimum atomic E-state index is -0.759. The Hall–Kier alpha value is -3.71. The van der Waals surface area contributed by atoms with Gasteiger partial charge in [0.15, 0.2) is 0 Å². The van der Waals surface area contributed by atoms with E-state index >= 15 is 0 Å². The Kier molecular flexibility index (Phi) is 7.40. The molecule has 3 aromatic carbocycles. The number of ether oxygens (including phenoxy) is 1. The number of benzene rings is 3. The number of amides is 4. The van der Waals surface area contributed by atoms with Crippen LogP contribution in [0.25, 0.3) is 6.08 Å². The van der Waals surface area contributed by atoms with Crippen molar-refractivity contribution in [2.75, 3.05) is 12.0 Å². The maximum absolute atomic E-state index is 13.4. The molecule has 0 bridgehead atoms. The number of urea groups is 1. The number of rotatable bonds is 6. The van der Waals surface area contributed by atoms with Crippen LogP contribution < -0.4 is 15.0 Å². The molecule has 0 unspecified atom stereocenters. The predicted molar refractivity (Wildman–Crippen MR) is 144 cm³/mol. The van der Waals surface area contributed by atoms with Crippen molar-refractivity contribution in [2.45, 2.75) is 33.6 Å². The third-order valence-corrected chi connectivity index (χ3v) is 6.79. The molecule has 1 heterocycles. The lowest BCUT2D eigenvalue weighted by molar-refractivity contribution is -0.122. The summed E-state index contributed by atoms with van der Waals surface area (Å²) in [6.45, 7) is 6.07. The fourth-order valence-corrected chi connectivity index (χ4v) is 5.11. The number of aryl methyl sites for hydroxylation is 3. The zero-order valence-electron chi connectivity index (χ0n) is 20.6. The van der Waals surface area contributed by atoms with Gasteiger partial charge in [0.1, 0.15) is 11.3 Å². The van der Waals surface area contributed by atoms with Gasteiger partial charge in [-0.05, 0) is 61.2 Å². The molecule has 6 nitrogen and oxygen atoms in total. The van der Waals surface area contributed by atoms with E-state index in [-0.39, 0.29) is 5.57 Å². The van der Waals surface area contributed by atoms with Crippen LogP contribution in [0.4, 0.5) is 10.5 Å². The van der Waals surface area contributed by atoms with Gasteiger partial charge >= 0.3 is 6.03 Å². The molecule has 4 amide bonds. The zero-order chi connectivity index (χ0) is 26.0. The third kappa shape index (κ3) is 5.11. The molecule has 1 saturated heterocycles. The Morgan fingerprint density at radius 2 is 1.69 bits per heavy atom. The van der Waals surface area contributed by atoms with Gasteiger partial charge in [0.05, 0.1) is 12.8 Å². The molecule has 36 heavy (non-hydrogen) atoms. The fraction of sp³-hybridized carbons (Fsp3) is 0.207. The number of hydrogen-bond donors (Lipinski definition) is 1. The number of carbonyl (C=O) groups is 3. The minimum absolute atomic E-state index is 0.128. The van der Waals surface area contributed by atoms with Gasteiger partial charge in [0, 0.05) is 16.5 Å². The van der Waals surface area contributed by atoms with E-state index in [2.05, 4.69) is 53.3 Å². The van der Waals surface area contributed by atoms with E-state index in [1.54, 1.807) is 25.3 Å². The summed E-state index contributed by atoms with van der Waals surface area (Å²) in [6, 6.07) is 16.4. The highest BCUT2D eigenvalue weighted by Gasteiger charge is 2.37. The number of carbonyl (C=O) groups excluding carboxylic acids is 3. The van der Waals surface area contributed by atoms with Crippen molar-refractivity contribution in [3.05, 3.63) is 98.0 Å². The molecule has 0 saturated carbocycles. The monoisotopic (exact) mass is 546 g/mol. The van der Waals surface area contributed by atoms with E-state index in [0.29, 0.717) is 29.8 Å². The number of hydrogen-bond acceptors (Lipinski definition) is 4. The third-order valence-electron chi connectivity index (χ3n) is 6.09. The van der Waals surface area contributed by atoms with Gasteiger partial charge in [0.2, 0.25) is 0 Å². The number of methoxy groups -OCH3 is 1. The Morgan fingerprint density at radius 1 is 1.00 bits per heavy atom. The molecule has 0 spiro atoms. The van der Waals surface area contributed by atoms with Crippen LogP contribution in [0.3, 0.4) is 0 Å². The Labute approximate surface area is 219 Å². The first-order chi connectivity index (χ1) is 17.2. The van der Waals surface area contributed by atoms with Crippen LogP contribution in [0, 0.1) is 13.8 Å². The van der Waals surface area contributed by atoms with Crippen LogP contribution in [-0.4, -0.2) is 25.0 Å². The molecule has 3 aromatic rings. The average Bonchev–Trinajstić information content (AvgIpc) is 2.82. The summed E-state index contributed by atoms with van der Waals surface area (Å²) in [6.07, 6.45) is 2.77. The van der Waals surface area contributed by atoms with Crippen molar-refractivity contribution in [3.8, 4) is 5.75 Å². The maximum atomic E-state index is 13.4. The zero-order valence-corrected chi connectivity index (χ0v) is 22.2. The fourth-order valence-electron chi connectivity index (χ4n) is 4.51. The molecule has 1 fully saturated rings. The SMILES string of the molecule is CCc1ccccc1N1C(=O)NC(=O)/C(=C/c2cc(Br)c(Cc3cc(C)cc(C)c3)c(OC)c2)C1=O. The van der Waals surface area contributed by atoms with Gasteiger partial charge in [0.25, 0.3) is 11.8 Å². The lowest BCUT2D eigenvalue weighted by atomic mass is 9.98. The predicted octanol–water partition coefficient (Wildman–Crippen LogP) is 5.89. The summed E-state index contributed by atoms with van der Waals surface area (Å²) in [7, 11) is 1.59. The van der Waals surface area contributed by atoms with Crippen LogP contribution in [0.5, 0.6) is 5.75 Å². The van der Waals surface area contributed by atoms with Gasteiger partial charge in [-0.1, -0.05) is 70.4 Å². The highest BCUT2D eigenvalue weighted by atomic mass is 79.9. The first-order valence-electron chi connectivity index (χ1n) is 11.6. The second-order valence-corrected chi connectivity index (χ2v) is 9.65. The maximum Gasteiger partial charge on any atom is 0.335 e. The van der Waals surface area contributed by atoms with E-state index in [1.807, 2.05) is 25.1 Å². The summed E-state index contributed by atoms with van der Waals surface area (Å²) in [4.78, 5) is 39.7. The molecule has 1 aliphatic heterocycles. The van der Waals surface area contributed by atoms with Gasteiger partial charge in [-0.2, -0.15) is 0 Å². The standard InChI is InChI=1S/C29H27BrN2O4/c1-5-21-8-6-7-9-25(21)32-28(34)23(27(33)31-29(32)35)14-20-15-24(30)22(26(16-20)36-4)13-19-11-17(2)10-18(3)12-19/h6-12,14-16H,5,13H2,1-4H3,(H,31,33,35)/b23-14-. The van der Waals surface area contributed by atoms with Gasteiger partial charge in [-0.15, -0.1) is 0 Å². The molecule has 184 valence electrons. The number of anilines is 1. The molecule has 1 N–H and O–H groups in total. The van der Waals surface area contributed by atoms with E-state index in [0.717, 1.165) is 26.1 Å². The molecule has 7 heteroatoms. The first kappa shape index (κ1) is 25.4. The molecule has 0 aliphatic carbocycles. The quantitative estimate of drug-likeness (QED) is 0.308. The molecular weight excluding hydrogens is 520 g/mol. The lowest BCUT2D eigenvalue weighted by Gasteiger charge is -2.28. The summed E-state index contributed by atoms with van der Waals surface area (Å²) < 4.78 is 6.46. The largest absolute Gasteiger partial charge is 0.496 e. The Balaban J connectivity index is 1.72. The summed E-state index contributed by atoms with van der Waals surface area (Å²) >= 11 is 3.65. The van der Waals surface area contributed by atoms with Gasteiger partial charge < -0.3 is 4.74 Å². The van der Waals surface area contributed by atoms with Gasteiger partial charge in [-0.25, -0.2) is 9.69 Å². The Morgan fingerprint density at radius 3 is 2.36 bits per heavy atom. The molecular formula is C29H27BrN2O4. The average molecular weight is 547 g/mol. The van der Waals surface area contributed by atoms with Crippen molar-refractivity contribution in [2.24, 2.45) is 0 Å². The first-order valence-corrected chi connectivity index (χ1v) is 12.4. The number of halogens is 1. The number of para-hydroxylation sites is 1. The minimum Gasteiger partial charge on any atom is -0.496 e. The van der Waals surface area contributed by atoms with Crippen molar-refractivity contribution in [1.82, 2.24) is 5.32 Å². The van der Waals surface area contributed by atoms with E-state index in [1.165, 1.54) is 17.2 Å². The number of barbiturate groups is 1.